The Morgan fingerprint density at radius 1 is 1.24 bits per heavy atom. The van der Waals surface area contributed by atoms with Crippen LogP contribution in [0.3, 0.4) is 0 Å². The Kier molecular flexibility index (Phi) is 4.75. The highest BCUT2D eigenvalue weighted by Crippen LogP contribution is 2.31. The summed E-state index contributed by atoms with van der Waals surface area (Å²) in [4.78, 5) is 4.50. The first-order valence-electron chi connectivity index (χ1n) is 8.35. The third-order valence-corrected chi connectivity index (χ3v) is 5.79. The Labute approximate surface area is 148 Å². The van der Waals surface area contributed by atoms with Crippen molar-refractivity contribution in [3.8, 4) is 17.2 Å². The maximum atomic E-state index is 9.35. The Hall–Kier alpha value is -2.43. The van der Waals surface area contributed by atoms with E-state index in [4.69, 9.17) is 4.74 Å². The molecular weight excluding hydrogens is 330 g/mol. The van der Waals surface area contributed by atoms with Gasteiger partial charge in [-0.3, -0.25) is 4.68 Å². The Morgan fingerprint density at radius 3 is 2.76 bits per heavy atom. The van der Waals surface area contributed by atoms with Crippen molar-refractivity contribution in [3.63, 3.8) is 0 Å². The van der Waals surface area contributed by atoms with Crippen molar-refractivity contribution in [2.45, 2.75) is 32.4 Å². The van der Waals surface area contributed by atoms with Crippen molar-refractivity contribution in [2.24, 2.45) is 7.05 Å². The molecule has 7 heteroatoms. The van der Waals surface area contributed by atoms with Gasteiger partial charge in [0.05, 0.1) is 0 Å². The van der Waals surface area contributed by atoms with Crippen LogP contribution in [0.4, 0.5) is 0 Å². The maximum absolute atomic E-state index is 9.35. The molecule has 0 aliphatic heterocycles. The summed E-state index contributed by atoms with van der Waals surface area (Å²) in [5.74, 6) is 0. The summed E-state index contributed by atoms with van der Waals surface area (Å²) in [6.45, 7) is 8.24. The van der Waals surface area contributed by atoms with Gasteiger partial charge >= 0.3 is 0 Å². The topological polar surface area (TPSA) is 68.7 Å². The second-order valence-electron chi connectivity index (χ2n) is 7.41. The molecule has 0 aliphatic carbocycles. The average molecular weight is 354 g/mol. The first kappa shape index (κ1) is 17.4. The highest BCUT2D eigenvalue weighted by molar-refractivity contribution is 6.76. The number of ether oxygens (including phenoxy) is 1. The molecule has 25 heavy (non-hydrogen) atoms. The summed E-state index contributed by atoms with van der Waals surface area (Å²) < 4.78 is 9.55. The predicted octanol–water partition coefficient (Wildman–Crippen LogP) is 3.62. The lowest BCUT2D eigenvalue weighted by molar-refractivity contribution is 0.0899. The molecule has 0 bridgehead atoms. The molecular formula is C18H23N5OSi. The number of fused-ring (bicyclic) bond motifs is 1. The van der Waals surface area contributed by atoms with E-state index >= 15 is 0 Å². The van der Waals surface area contributed by atoms with Crippen LogP contribution in [-0.4, -0.2) is 34.0 Å². The van der Waals surface area contributed by atoms with Crippen LogP contribution in [0.2, 0.25) is 25.7 Å². The van der Waals surface area contributed by atoms with Gasteiger partial charge in [-0.25, -0.2) is 4.98 Å². The fraction of sp³-hybridized carbons (Fsp3) is 0.389. The number of aromatic nitrogens is 4. The van der Waals surface area contributed by atoms with Crippen LogP contribution < -0.4 is 0 Å². The molecule has 6 nitrogen and oxygen atoms in total. The van der Waals surface area contributed by atoms with Crippen LogP contribution in [0.15, 0.2) is 30.7 Å². The quantitative estimate of drug-likeness (QED) is 0.501. The Morgan fingerprint density at radius 2 is 2.04 bits per heavy atom. The minimum atomic E-state index is -1.10. The number of hydrogen-bond donors (Lipinski definition) is 0. The Balaban J connectivity index is 1.92. The molecule has 130 valence electrons. The van der Waals surface area contributed by atoms with E-state index in [-0.39, 0.29) is 0 Å². The van der Waals surface area contributed by atoms with E-state index in [2.05, 4.69) is 35.8 Å². The number of rotatable bonds is 6. The van der Waals surface area contributed by atoms with E-state index in [1.165, 1.54) is 0 Å². The van der Waals surface area contributed by atoms with Gasteiger partial charge in [-0.05, 0) is 18.2 Å². The zero-order valence-electron chi connectivity index (χ0n) is 15.2. The predicted molar refractivity (Wildman–Crippen MR) is 101 cm³/mol. The number of pyridine rings is 1. The normalized spacial score (nSPS) is 11.8. The molecule has 0 aliphatic rings. The molecule has 3 rings (SSSR count). The fourth-order valence-corrected chi connectivity index (χ4v) is 3.50. The van der Waals surface area contributed by atoms with E-state index in [1.807, 2.05) is 36.1 Å². The molecule has 0 spiro atoms. The van der Waals surface area contributed by atoms with Gasteiger partial charge in [0.1, 0.15) is 18.4 Å². The number of hydrogen-bond acceptors (Lipinski definition) is 4. The number of aryl methyl sites for hydroxylation is 1. The van der Waals surface area contributed by atoms with Crippen molar-refractivity contribution in [2.75, 3.05) is 6.61 Å². The highest BCUT2D eigenvalue weighted by atomic mass is 28.3. The molecule has 0 saturated carbocycles. The molecule has 0 unspecified atom stereocenters. The average Bonchev–Trinajstić information content (AvgIpc) is 3.11. The molecule has 0 radical (unpaired) electrons. The van der Waals surface area contributed by atoms with Crippen molar-refractivity contribution in [3.05, 3.63) is 36.4 Å². The van der Waals surface area contributed by atoms with Gasteiger partial charge in [-0.2, -0.15) is 10.4 Å². The summed E-state index contributed by atoms with van der Waals surface area (Å²) in [6, 6.07) is 7.23. The van der Waals surface area contributed by atoms with E-state index in [0.29, 0.717) is 12.4 Å². The molecule has 0 amide bonds. The van der Waals surface area contributed by atoms with E-state index in [1.54, 1.807) is 10.9 Å². The van der Waals surface area contributed by atoms with Crippen LogP contribution in [-0.2, 0) is 18.5 Å². The smallest absolute Gasteiger partial charge is 0.170 e. The summed E-state index contributed by atoms with van der Waals surface area (Å²) >= 11 is 0. The molecule has 0 N–H and O–H groups in total. The largest absolute Gasteiger partial charge is 0.361 e. The van der Waals surface area contributed by atoms with E-state index in [0.717, 1.165) is 34.8 Å². The van der Waals surface area contributed by atoms with Crippen LogP contribution in [0.25, 0.3) is 22.2 Å². The van der Waals surface area contributed by atoms with Gasteiger partial charge in [-0.1, -0.05) is 19.6 Å². The monoisotopic (exact) mass is 353 g/mol. The molecule has 3 aromatic heterocycles. The Bertz CT molecular complexity index is 929. The van der Waals surface area contributed by atoms with Gasteiger partial charge in [0.25, 0.3) is 0 Å². The van der Waals surface area contributed by atoms with Crippen molar-refractivity contribution >= 4 is 19.1 Å². The first-order valence-corrected chi connectivity index (χ1v) is 12.1. The van der Waals surface area contributed by atoms with Crippen molar-refractivity contribution < 1.29 is 4.74 Å². The van der Waals surface area contributed by atoms with E-state index < -0.39 is 8.07 Å². The zero-order valence-corrected chi connectivity index (χ0v) is 16.2. The molecule has 3 aromatic rings. The molecule has 0 fully saturated rings. The van der Waals surface area contributed by atoms with Crippen LogP contribution in [0, 0.1) is 11.3 Å². The van der Waals surface area contributed by atoms with Gasteiger partial charge in [0, 0.05) is 56.8 Å². The fourth-order valence-electron chi connectivity index (χ4n) is 2.75. The van der Waals surface area contributed by atoms with Crippen LogP contribution in [0.5, 0.6) is 0 Å². The minimum absolute atomic E-state index is 0.421. The molecule has 3 heterocycles. The van der Waals surface area contributed by atoms with Gasteiger partial charge in [0.2, 0.25) is 0 Å². The second-order valence-corrected chi connectivity index (χ2v) is 13.0. The standard InChI is InChI=1S/C18H23N5OSi/c1-22-11-16(17(10-19)21-22)15-12-23(13-24-8-9-25(2,3)4)18-14(15)6-5-7-20-18/h5-7,11-12H,8-9,13H2,1-4H3. The summed E-state index contributed by atoms with van der Waals surface area (Å²) in [5, 5.41) is 14.6. The maximum Gasteiger partial charge on any atom is 0.170 e. The van der Waals surface area contributed by atoms with E-state index in [9.17, 15) is 5.26 Å². The van der Waals surface area contributed by atoms with Gasteiger partial charge in [-0.15, -0.1) is 0 Å². The van der Waals surface area contributed by atoms with Gasteiger partial charge in [0.15, 0.2) is 5.69 Å². The summed E-state index contributed by atoms with van der Waals surface area (Å²) in [6.07, 6.45) is 5.65. The third-order valence-electron chi connectivity index (χ3n) is 4.09. The van der Waals surface area contributed by atoms with Crippen LogP contribution >= 0.6 is 0 Å². The number of nitriles is 1. The third kappa shape index (κ3) is 3.81. The second kappa shape index (κ2) is 6.82. The highest BCUT2D eigenvalue weighted by Gasteiger charge is 2.17. The summed E-state index contributed by atoms with van der Waals surface area (Å²) in [7, 11) is 0.718. The number of nitrogens with zero attached hydrogens (tertiary/aromatic N) is 5. The lowest BCUT2D eigenvalue weighted by atomic mass is 10.1. The van der Waals surface area contributed by atoms with Crippen LogP contribution in [0.1, 0.15) is 5.69 Å². The molecule has 0 aromatic carbocycles. The molecule has 0 atom stereocenters. The lowest BCUT2D eigenvalue weighted by Crippen LogP contribution is -2.22. The first-order chi connectivity index (χ1) is 11.9. The van der Waals surface area contributed by atoms with Gasteiger partial charge < -0.3 is 9.30 Å². The SMILES string of the molecule is Cn1cc(-c2cn(COCC[Si](C)(C)C)c3ncccc23)c(C#N)n1. The minimum Gasteiger partial charge on any atom is -0.361 e. The zero-order chi connectivity index (χ0) is 18.0. The van der Waals surface area contributed by atoms with Crippen molar-refractivity contribution in [1.29, 1.82) is 5.26 Å². The van der Waals surface area contributed by atoms with Crippen molar-refractivity contribution in [1.82, 2.24) is 19.3 Å². The lowest BCUT2D eigenvalue weighted by Gasteiger charge is -2.15. The molecule has 0 saturated heterocycles. The summed E-state index contributed by atoms with van der Waals surface area (Å²) in [5.41, 5.74) is 3.06.